The highest BCUT2D eigenvalue weighted by Crippen LogP contribution is 2.31. The van der Waals surface area contributed by atoms with Gasteiger partial charge in [-0.25, -0.2) is 0 Å². The smallest absolute Gasteiger partial charge is 0.293 e. The van der Waals surface area contributed by atoms with Crippen LogP contribution >= 0.6 is 11.6 Å². The maximum atomic E-state index is 11.2. The van der Waals surface area contributed by atoms with Gasteiger partial charge in [0.1, 0.15) is 5.69 Å². The number of halogens is 1. The minimum absolute atomic E-state index is 0.0772. The molecule has 5 nitrogen and oxygen atoms in total. The predicted octanol–water partition coefficient (Wildman–Crippen LogP) is 2.43. The van der Waals surface area contributed by atoms with Crippen LogP contribution in [-0.2, 0) is 10.8 Å². The minimum atomic E-state index is -0.983. The SMILES string of the molecule is CC(CNc1c(Cl)cccc1[N+](=O)[O-])S(C)=O. The second-order valence-corrected chi connectivity index (χ2v) is 5.79. The fourth-order valence-corrected chi connectivity index (χ4v) is 1.76. The molecule has 0 saturated carbocycles. The molecule has 0 bridgehead atoms. The normalized spacial score (nSPS) is 14.1. The van der Waals surface area contributed by atoms with Gasteiger partial charge >= 0.3 is 0 Å². The zero-order valence-corrected chi connectivity index (χ0v) is 11.0. The van der Waals surface area contributed by atoms with Crippen LogP contribution in [0.15, 0.2) is 18.2 Å². The van der Waals surface area contributed by atoms with Crippen LogP contribution in [0.4, 0.5) is 11.4 Å². The quantitative estimate of drug-likeness (QED) is 0.662. The summed E-state index contributed by atoms with van der Waals surface area (Å²) in [7, 11) is -0.983. The molecule has 0 heterocycles. The standard InChI is InChI=1S/C10H13ClN2O3S/c1-7(17(2)16)6-12-10-8(11)4-3-5-9(10)13(14)15/h3-5,7,12H,6H2,1-2H3. The Kier molecular flexibility index (Phi) is 4.89. The molecule has 0 aliphatic heterocycles. The molecule has 1 rings (SSSR count). The van der Waals surface area contributed by atoms with Crippen LogP contribution in [0.3, 0.4) is 0 Å². The number of nitro groups is 1. The number of hydrogen-bond donors (Lipinski definition) is 1. The lowest BCUT2D eigenvalue weighted by molar-refractivity contribution is -0.383. The molecule has 0 aromatic heterocycles. The number of benzene rings is 1. The molecule has 1 N–H and O–H groups in total. The summed E-state index contributed by atoms with van der Waals surface area (Å²) in [5, 5.41) is 13.9. The van der Waals surface area contributed by atoms with E-state index < -0.39 is 15.7 Å². The van der Waals surface area contributed by atoms with Gasteiger partial charge in [-0.05, 0) is 13.0 Å². The molecule has 0 spiro atoms. The van der Waals surface area contributed by atoms with Crippen molar-refractivity contribution < 1.29 is 9.13 Å². The average molecular weight is 277 g/mol. The van der Waals surface area contributed by atoms with Gasteiger partial charge in [0.2, 0.25) is 0 Å². The van der Waals surface area contributed by atoms with Crippen LogP contribution in [0.2, 0.25) is 5.02 Å². The third-order valence-electron chi connectivity index (χ3n) is 2.32. The predicted molar refractivity (Wildman–Crippen MR) is 70.1 cm³/mol. The fraction of sp³-hybridized carbons (Fsp3) is 0.400. The van der Waals surface area contributed by atoms with E-state index in [1.807, 2.05) is 0 Å². The van der Waals surface area contributed by atoms with Crippen LogP contribution in [0.1, 0.15) is 6.92 Å². The number of nitro benzene ring substituents is 1. The van der Waals surface area contributed by atoms with Gasteiger partial charge in [0.05, 0.1) is 9.95 Å². The maximum Gasteiger partial charge on any atom is 0.293 e. The van der Waals surface area contributed by atoms with Gasteiger partial charge in [0, 0.05) is 34.9 Å². The van der Waals surface area contributed by atoms with Crippen LogP contribution in [0, 0.1) is 10.1 Å². The van der Waals surface area contributed by atoms with Crippen molar-refractivity contribution in [2.75, 3.05) is 18.1 Å². The van der Waals surface area contributed by atoms with Crippen LogP contribution in [0.25, 0.3) is 0 Å². The van der Waals surface area contributed by atoms with Gasteiger partial charge in [-0.15, -0.1) is 0 Å². The first-order valence-electron chi connectivity index (χ1n) is 4.92. The summed E-state index contributed by atoms with van der Waals surface area (Å²) in [5.74, 6) is 0. The molecule has 0 aliphatic rings. The van der Waals surface area contributed by atoms with E-state index in [0.717, 1.165) is 0 Å². The first-order chi connectivity index (χ1) is 7.93. The van der Waals surface area contributed by atoms with Crippen LogP contribution in [0.5, 0.6) is 0 Å². The monoisotopic (exact) mass is 276 g/mol. The lowest BCUT2D eigenvalue weighted by atomic mass is 10.2. The summed E-state index contributed by atoms with van der Waals surface area (Å²) in [6, 6.07) is 4.47. The summed E-state index contributed by atoms with van der Waals surface area (Å²) < 4.78 is 11.2. The Hall–Kier alpha value is -1.14. The fourth-order valence-electron chi connectivity index (χ4n) is 1.20. The van der Waals surface area contributed by atoms with Crippen LogP contribution < -0.4 is 5.32 Å². The van der Waals surface area contributed by atoms with Crippen molar-refractivity contribution in [1.82, 2.24) is 0 Å². The van der Waals surface area contributed by atoms with E-state index in [-0.39, 0.29) is 21.6 Å². The molecule has 0 aliphatic carbocycles. The highest BCUT2D eigenvalue weighted by Gasteiger charge is 2.17. The Morgan fingerprint density at radius 2 is 2.24 bits per heavy atom. The van der Waals surface area contributed by atoms with E-state index in [1.54, 1.807) is 19.2 Å². The van der Waals surface area contributed by atoms with E-state index in [2.05, 4.69) is 5.32 Å². The number of hydrogen-bond acceptors (Lipinski definition) is 4. The molecular formula is C10H13ClN2O3S. The highest BCUT2D eigenvalue weighted by atomic mass is 35.5. The Balaban J connectivity index is 2.90. The zero-order valence-electron chi connectivity index (χ0n) is 9.47. The Labute approximate surface area is 107 Å². The molecule has 1 aromatic carbocycles. The highest BCUT2D eigenvalue weighted by molar-refractivity contribution is 7.84. The Morgan fingerprint density at radius 3 is 2.76 bits per heavy atom. The van der Waals surface area contributed by atoms with E-state index in [4.69, 9.17) is 11.6 Å². The van der Waals surface area contributed by atoms with Gasteiger partial charge in [0.15, 0.2) is 0 Å². The zero-order chi connectivity index (χ0) is 13.0. The van der Waals surface area contributed by atoms with Gasteiger partial charge in [-0.3, -0.25) is 14.3 Å². The topological polar surface area (TPSA) is 72.2 Å². The molecule has 0 fully saturated rings. The van der Waals surface area contributed by atoms with Crippen molar-refractivity contribution in [2.45, 2.75) is 12.2 Å². The average Bonchev–Trinajstić information content (AvgIpc) is 2.26. The molecule has 17 heavy (non-hydrogen) atoms. The third kappa shape index (κ3) is 3.67. The van der Waals surface area contributed by atoms with Crippen molar-refractivity contribution in [1.29, 1.82) is 0 Å². The van der Waals surface area contributed by atoms with Gasteiger partial charge in [-0.1, -0.05) is 17.7 Å². The molecule has 7 heteroatoms. The first-order valence-corrected chi connectivity index (χ1v) is 6.92. The molecular weight excluding hydrogens is 264 g/mol. The van der Waals surface area contributed by atoms with Gasteiger partial charge < -0.3 is 5.32 Å². The molecule has 0 saturated heterocycles. The van der Waals surface area contributed by atoms with Crippen LogP contribution in [-0.4, -0.2) is 27.2 Å². The second kappa shape index (κ2) is 5.97. The number of nitrogens with one attached hydrogen (secondary N) is 1. The van der Waals surface area contributed by atoms with Crippen molar-refractivity contribution >= 4 is 33.8 Å². The van der Waals surface area contributed by atoms with Crippen molar-refractivity contribution in [2.24, 2.45) is 0 Å². The lowest BCUT2D eigenvalue weighted by Gasteiger charge is -2.12. The summed E-state index contributed by atoms with van der Waals surface area (Å²) in [5.41, 5.74) is 0.197. The van der Waals surface area contributed by atoms with Crippen molar-refractivity contribution in [3.05, 3.63) is 33.3 Å². The number of rotatable bonds is 5. The maximum absolute atomic E-state index is 11.2. The molecule has 0 amide bonds. The van der Waals surface area contributed by atoms with E-state index in [1.165, 1.54) is 12.1 Å². The number of nitrogens with zero attached hydrogens (tertiary/aromatic N) is 1. The Morgan fingerprint density at radius 1 is 1.59 bits per heavy atom. The van der Waals surface area contributed by atoms with E-state index in [9.17, 15) is 14.3 Å². The van der Waals surface area contributed by atoms with E-state index in [0.29, 0.717) is 6.54 Å². The molecule has 1 aromatic rings. The first kappa shape index (κ1) is 13.9. The van der Waals surface area contributed by atoms with Gasteiger partial charge in [0.25, 0.3) is 5.69 Å². The van der Waals surface area contributed by atoms with Crippen molar-refractivity contribution in [3.63, 3.8) is 0 Å². The summed E-state index contributed by atoms with van der Waals surface area (Å²) >= 11 is 5.89. The van der Waals surface area contributed by atoms with Crippen molar-refractivity contribution in [3.8, 4) is 0 Å². The summed E-state index contributed by atoms with van der Waals surface area (Å²) in [6.07, 6.45) is 1.59. The summed E-state index contributed by atoms with van der Waals surface area (Å²) in [6.45, 7) is 2.17. The molecule has 94 valence electrons. The van der Waals surface area contributed by atoms with Gasteiger partial charge in [-0.2, -0.15) is 0 Å². The number of para-hydroxylation sites is 1. The second-order valence-electron chi connectivity index (χ2n) is 3.58. The lowest BCUT2D eigenvalue weighted by Crippen LogP contribution is -2.21. The van der Waals surface area contributed by atoms with E-state index >= 15 is 0 Å². The molecule has 2 unspecified atom stereocenters. The molecule has 2 atom stereocenters. The Bertz CT molecular complexity index is 453. The minimum Gasteiger partial charge on any atom is -0.377 e. The number of anilines is 1. The summed E-state index contributed by atoms with van der Waals surface area (Å²) in [4.78, 5) is 10.3. The largest absolute Gasteiger partial charge is 0.377 e. The third-order valence-corrected chi connectivity index (χ3v) is 3.94. The molecule has 0 radical (unpaired) electrons.